The van der Waals surface area contributed by atoms with Crippen LogP contribution in [0.4, 0.5) is 0 Å². The van der Waals surface area contributed by atoms with Crippen LogP contribution in [-0.2, 0) is 14.3 Å². The second kappa shape index (κ2) is 13.5. The zero-order valence-corrected chi connectivity index (χ0v) is 19.7. The number of hydrogen-bond acceptors (Lipinski definition) is 5. The molecule has 0 radical (unpaired) electrons. The van der Waals surface area contributed by atoms with Crippen molar-refractivity contribution in [2.75, 3.05) is 25.4 Å². The van der Waals surface area contributed by atoms with Crippen LogP contribution >= 0.6 is 11.8 Å². The predicted octanol–water partition coefficient (Wildman–Crippen LogP) is 4.33. The van der Waals surface area contributed by atoms with E-state index in [1.165, 1.54) is 63.1 Å². The van der Waals surface area contributed by atoms with Gasteiger partial charge in [0, 0.05) is 18.0 Å². The van der Waals surface area contributed by atoms with Crippen LogP contribution in [-0.4, -0.2) is 43.2 Å². The van der Waals surface area contributed by atoms with Gasteiger partial charge in [-0.25, -0.2) is 4.79 Å². The van der Waals surface area contributed by atoms with Crippen molar-refractivity contribution in [1.82, 2.24) is 10.6 Å². The normalized spacial score (nSPS) is 17.5. The number of esters is 1. The molecule has 2 N–H and O–H groups in total. The molecule has 2 fully saturated rings. The molecule has 6 nitrogen and oxygen atoms in total. The van der Waals surface area contributed by atoms with Gasteiger partial charge in [-0.2, -0.15) is 0 Å². The zero-order valence-electron chi connectivity index (χ0n) is 18.9. The van der Waals surface area contributed by atoms with Crippen molar-refractivity contribution in [2.24, 2.45) is 11.8 Å². The molecule has 0 aromatic heterocycles. The van der Waals surface area contributed by atoms with E-state index in [1.54, 1.807) is 18.2 Å². The van der Waals surface area contributed by atoms with Gasteiger partial charge in [0.2, 0.25) is 5.91 Å². The van der Waals surface area contributed by atoms with Gasteiger partial charge >= 0.3 is 5.97 Å². The van der Waals surface area contributed by atoms with Gasteiger partial charge in [-0.05, 0) is 49.7 Å². The lowest BCUT2D eigenvalue weighted by Crippen LogP contribution is -2.33. The average Bonchev–Trinajstić information content (AvgIpc) is 2.85. The van der Waals surface area contributed by atoms with Gasteiger partial charge < -0.3 is 15.4 Å². The number of ether oxygens (including phenoxy) is 1. The maximum Gasteiger partial charge on any atom is 0.339 e. The molecule has 32 heavy (non-hydrogen) atoms. The molecule has 2 aliphatic rings. The number of hydrogen-bond donors (Lipinski definition) is 2. The number of nitrogens with one attached hydrogen (secondary N) is 2. The number of carbonyl (C=O) groups is 3. The molecule has 1 aromatic rings. The van der Waals surface area contributed by atoms with E-state index in [9.17, 15) is 14.4 Å². The third kappa shape index (κ3) is 8.49. The first-order valence-corrected chi connectivity index (χ1v) is 13.0. The van der Waals surface area contributed by atoms with E-state index in [0.717, 1.165) is 19.4 Å². The molecule has 176 valence electrons. The quantitative estimate of drug-likeness (QED) is 0.401. The largest absolute Gasteiger partial charge is 0.452 e. The molecule has 2 aliphatic carbocycles. The fraction of sp³-hybridized carbons (Fsp3) is 0.640. The number of carbonyl (C=O) groups excluding carboxylic acids is 3. The van der Waals surface area contributed by atoms with Crippen molar-refractivity contribution >= 4 is 29.5 Å². The number of amides is 2. The van der Waals surface area contributed by atoms with Crippen LogP contribution in [0.5, 0.6) is 0 Å². The Morgan fingerprint density at radius 3 is 2.00 bits per heavy atom. The average molecular weight is 461 g/mol. The topological polar surface area (TPSA) is 84.5 Å². The molecule has 1 aromatic carbocycles. The van der Waals surface area contributed by atoms with Crippen LogP contribution in [0, 0.1) is 11.8 Å². The lowest BCUT2D eigenvalue weighted by Gasteiger charge is -2.21. The SMILES string of the molecule is O=C(COC(=O)c1ccccc1SCC(=O)NCC1CCCCC1)NCC1CCCCC1. The van der Waals surface area contributed by atoms with Crippen LogP contribution < -0.4 is 10.6 Å². The maximum atomic E-state index is 12.5. The third-order valence-corrected chi connectivity index (χ3v) is 7.50. The zero-order chi connectivity index (χ0) is 22.6. The van der Waals surface area contributed by atoms with E-state index in [4.69, 9.17) is 4.74 Å². The van der Waals surface area contributed by atoms with Crippen LogP contribution in [0.15, 0.2) is 29.2 Å². The van der Waals surface area contributed by atoms with Gasteiger partial charge in [-0.15, -0.1) is 11.8 Å². The summed E-state index contributed by atoms with van der Waals surface area (Å²) in [5.41, 5.74) is 0.387. The first-order valence-electron chi connectivity index (χ1n) is 12.0. The lowest BCUT2D eigenvalue weighted by atomic mass is 9.89. The Bertz CT molecular complexity index is 758. The molecule has 0 aliphatic heterocycles. The minimum absolute atomic E-state index is 0.0224. The fourth-order valence-electron chi connectivity index (χ4n) is 4.51. The first-order chi connectivity index (χ1) is 15.6. The second-order valence-corrected chi connectivity index (χ2v) is 9.99. The molecule has 0 bridgehead atoms. The van der Waals surface area contributed by atoms with Crippen LogP contribution in [0.25, 0.3) is 0 Å². The van der Waals surface area contributed by atoms with Crippen molar-refractivity contribution in [3.05, 3.63) is 29.8 Å². The summed E-state index contributed by atoms with van der Waals surface area (Å²) in [6, 6.07) is 7.06. The Morgan fingerprint density at radius 2 is 1.38 bits per heavy atom. The van der Waals surface area contributed by atoms with Gasteiger partial charge in [0.25, 0.3) is 5.91 Å². The van der Waals surface area contributed by atoms with Crippen LogP contribution in [0.2, 0.25) is 0 Å². The Hall–Kier alpha value is -2.02. The highest BCUT2D eigenvalue weighted by molar-refractivity contribution is 8.00. The molecule has 0 atom stereocenters. The van der Waals surface area contributed by atoms with Crippen molar-refractivity contribution in [2.45, 2.75) is 69.1 Å². The van der Waals surface area contributed by atoms with Crippen molar-refractivity contribution in [1.29, 1.82) is 0 Å². The molecule has 0 saturated heterocycles. The summed E-state index contributed by atoms with van der Waals surface area (Å²) in [6.07, 6.45) is 12.2. The summed E-state index contributed by atoms with van der Waals surface area (Å²) in [5.74, 6) is 0.540. The summed E-state index contributed by atoms with van der Waals surface area (Å²) in [4.78, 5) is 37.6. The molecular formula is C25H36N2O4S. The Labute approximate surface area is 195 Å². The molecule has 0 heterocycles. The molecule has 2 amide bonds. The summed E-state index contributed by atoms with van der Waals surface area (Å²) >= 11 is 1.32. The van der Waals surface area contributed by atoms with Gasteiger partial charge in [0.15, 0.2) is 6.61 Å². The van der Waals surface area contributed by atoms with Crippen LogP contribution in [0.1, 0.15) is 74.6 Å². The summed E-state index contributed by atoms with van der Waals surface area (Å²) in [6.45, 7) is 1.10. The first kappa shape index (κ1) is 24.6. The number of rotatable bonds is 10. The van der Waals surface area contributed by atoms with E-state index in [-0.39, 0.29) is 24.2 Å². The van der Waals surface area contributed by atoms with E-state index < -0.39 is 5.97 Å². The minimum Gasteiger partial charge on any atom is -0.452 e. The lowest BCUT2D eigenvalue weighted by molar-refractivity contribution is -0.124. The van der Waals surface area contributed by atoms with Crippen molar-refractivity contribution in [3.8, 4) is 0 Å². The van der Waals surface area contributed by atoms with Gasteiger partial charge in [0.1, 0.15) is 0 Å². The minimum atomic E-state index is -0.538. The second-order valence-electron chi connectivity index (χ2n) is 8.98. The van der Waals surface area contributed by atoms with E-state index in [1.807, 2.05) is 6.07 Å². The Balaban J connectivity index is 1.39. The molecule has 3 rings (SSSR count). The third-order valence-electron chi connectivity index (χ3n) is 6.43. The molecule has 0 unspecified atom stereocenters. The Kier molecular flexibility index (Phi) is 10.4. The van der Waals surface area contributed by atoms with Crippen molar-refractivity contribution < 1.29 is 19.1 Å². The van der Waals surface area contributed by atoms with Crippen LogP contribution in [0.3, 0.4) is 0 Å². The monoisotopic (exact) mass is 460 g/mol. The highest BCUT2D eigenvalue weighted by Crippen LogP contribution is 2.25. The smallest absolute Gasteiger partial charge is 0.339 e. The van der Waals surface area contributed by atoms with E-state index in [2.05, 4.69) is 10.6 Å². The Morgan fingerprint density at radius 1 is 0.812 bits per heavy atom. The summed E-state index contributed by atoms with van der Waals surface area (Å²) in [7, 11) is 0. The molecular weight excluding hydrogens is 424 g/mol. The van der Waals surface area contributed by atoms with Gasteiger partial charge in [-0.1, -0.05) is 50.7 Å². The molecule has 7 heteroatoms. The maximum absolute atomic E-state index is 12.5. The van der Waals surface area contributed by atoms with Gasteiger partial charge in [-0.3, -0.25) is 9.59 Å². The predicted molar refractivity (Wildman–Crippen MR) is 127 cm³/mol. The van der Waals surface area contributed by atoms with E-state index >= 15 is 0 Å². The van der Waals surface area contributed by atoms with Crippen molar-refractivity contribution in [3.63, 3.8) is 0 Å². The summed E-state index contributed by atoms with van der Waals surface area (Å²) in [5, 5.41) is 5.90. The number of benzene rings is 1. The molecule has 0 spiro atoms. The number of thioether (sulfide) groups is 1. The fourth-order valence-corrected chi connectivity index (χ4v) is 5.38. The van der Waals surface area contributed by atoms with Gasteiger partial charge in [0.05, 0.1) is 11.3 Å². The highest BCUT2D eigenvalue weighted by Gasteiger charge is 2.18. The summed E-state index contributed by atoms with van der Waals surface area (Å²) < 4.78 is 5.24. The van der Waals surface area contributed by atoms with E-state index in [0.29, 0.717) is 28.8 Å². The standard InChI is InChI=1S/C25H36N2O4S/c28-23(26-15-19-9-3-1-4-10-19)17-31-25(30)21-13-7-8-14-22(21)32-18-24(29)27-16-20-11-5-2-6-12-20/h7-8,13-14,19-20H,1-6,9-12,15-18H2,(H,26,28)(H,27,29). The molecule has 2 saturated carbocycles. The highest BCUT2D eigenvalue weighted by atomic mass is 32.2.